The monoisotopic (exact) mass is 269 g/mol. The first-order chi connectivity index (χ1) is 9.84. The zero-order valence-electron chi connectivity index (χ0n) is 11.4. The van der Waals surface area contributed by atoms with Gasteiger partial charge in [-0.2, -0.15) is 0 Å². The first kappa shape index (κ1) is 13.0. The van der Waals surface area contributed by atoms with E-state index < -0.39 is 0 Å². The van der Waals surface area contributed by atoms with Crippen LogP contribution >= 0.6 is 0 Å². The molecule has 0 spiro atoms. The zero-order chi connectivity index (χ0) is 13.8. The second-order valence-electron chi connectivity index (χ2n) is 5.35. The van der Waals surface area contributed by atoms with Crippen molar-refractivity contribution < 1.29 is 9.21 Å². The van der Waals surface area contributed by atoms with Crippen molar-refractivity contribution in [1.82, 2.24) is 5.32 Å². The van der Waals surface area contributed by atoms with Crippen molar-refractivity contribution in [2.24, 2.45) is 5.92 Å². The predicted octanol–water partition coefficient (Wildman–Crippen LogP) is 3.68. The molecule has 0 aliphatic heterocycles. The van der Waals surface area contributed by atoms with E-state index in [1.54, 1.807) is 6.26 Å². The Balaban J connectivity index is 1.81. The molecule has 1 atom stereocenters. The van der Waals surface area contributed by atoms with E-state index in [2.05, 4.69) is 5.32 Å². The van der Waals surface area contributed by atoms with Crippen molar-refractivity contribution in [1.29, 1.82) is 0 Å². The zero-order valence-corrected chi connectivity index (χ0v) is 11.4. The van der Waals surface area contributed by atoms with Gasteiger partial charge in [-0.15, -0.1) is 0 Å². The normalized spacial score (nSPS) is 17.0. The fourth-order valence-corrected chi connectivity index (χ4v) is 2.87. The van der Waals surface area contributed by atoms with Gasteiger partial charge in [0, 0.05) is 5.92 Å². The molecule has 20 heavy (non-hydrogen) atoms. The van der Waals surface area contributed by atoms with Gasteiger partial charge in [-0.3, -0.25) is 4.79 Å². The van der Waals surface area contributed by atoms with Crippen LogP contribution in [0.2, 0.25) is 0 Å². The maximum atomic E-state index is 12.4. The molecular weight excluding hydrogens is 250 g/mol. The van der Waals surface area contributed by atoms with E-state index in [-0.39, 0.29) is 17.9 Å². The Morgan fingerprint density at radius 1 is 1.10 bits per heavy atom. The van der Waals surface area contributed by atoms with E-state index >= 15 is 0 Å². The fourth-order valence-electron chi connectivity index (χ4n) is 2.87. The highest BCUT2D eigenvalue weighted by molar-refractivity contribution is 5.79. The van der Waals surface area contributed by atoms with Crippen molar-refractivity contribution >= 4 is 5.91 Å². The van der Waals surface area contributed by atoms with E-state index in [4.69, 9.17) is 4.42 Å². The molecule has 3 heteroatoms. The number of rotatable bonds is 4. The molecule has 0 saturated heterocycles. The molecule has 3 nitrogen and oxygen atoms in total. The summed E-state index contributed by atoms with van der Waals surface area (Å²) in [6.45, 7) is 0. The van der Waals surface area contributed by atoms with Gasteiger partial charge >= 0.3 is 0 Å². The van der Waals surface area contributed by atoms with Crippen LogP contribution in [0.1, 0.15) is 43.0 Å². The summed E-state index contributed by atoms with van der Waals surface area (Å²) in [6, 6.07) is 13.5. The van der Waals surface area contributed by atoms with Gasteiger partial charge in [-0.1, -0.05) is 43.2 Å². The molecule has 0 bridgehead atoms. The van der Waals surface area contributed by atoms with E-state index in [1.807, 2.05) is 42.5 Å². The number of carbonyl (C=O) groups is 1. The van der Waals surface area contributed by atoms with Crippen LogP contribution in [-0.4, -0.2) is 5.91 Å². The Morgan fingerprint density at radius 3 is 2.50 bits per heavy atom. The van der Waals surface area contributed by atoms with Crippen LogP contribution in [0.4, 0.5) is 0 Å². The van der Waals surface area contributed by atoms with Crippen LogP contribution in [0.3, 0.4) is 0 Å². The Bertz CT molecular complexity index is 542. The maximum Gasteiger partial charge on any atom is 0.223 e. The maximum absolute atomic E-state index is 12.4. The lowest BCUT2D eigenvalue weighted by atomic mass is 10.0. The summed E-state index contributed by atoms with van der Waals surface area (Å²) in [5, 5.41) is 3.14. The highest BCUT2D eigenvalue weighted by Crippen LogP contribution is 2.28. The van der Waals surface area contributed by atoms with Crippen molar-refractivity contribution in [3.8, 4) is 0 Å². The van der Waals surface area contributed by atoms with Crippen molar-refractivity contribution in [2.75, 3.05) is 0 Å². The number of hydrogen-bond acceptors (Lipinski definition) is 2. The largest absolute Gasteiger partial charge is 0.467 e. The lowest BCUT2D eigenvalue weighted by Crippen LogP contribution is -2.33. The molecule has 1 heterocycles. The topological polar surface area (TPSA) is 42.2 Å². The molecule has 1 N–H and O–H groups in total. The predicted molar refractivity (Wildman–Crippen MR) is 77.1 cm³/mol. The molecule has 1 aromatic carbocycles. The van der Waals surface area contributed by atoms with Crippen molar-refractivity contribution in [3.63, 3.8) is 0 Å². The second-order valence-corrected chi connectivity index (χ2v) is 5.35. The van der Waals surface area contributed by atoms with E-state index in [0.717, 1.165) is 37.0 Å². The van der Waals surface area contributed by atoms with Crippen LogP contribution in [0.25, 0.3) is 0 Å². The van der Waals surface area contributed by atoms with Gasteiger partial charge in [0.2, 0.25) is 5.91 Å². The van der Waals surface area contributed by atoms with Gasteiger partial charge in [-0.05, 0) is 30.5 Å². The van der Waals surface area contributed by atoms with Gasteiger partial charge in [0.1, 0.15) is 11.8 Å². The Labute approximate surface area is 119 Å². The summed E-state index contributed by atoms with van der Waals surface area (Å²) < 4.78 is 5.50. The fraction of sp³-hybridized carbons (Fsp3) is 0.353. The first-order valence-electron chi connectivity index (χ1n) is 7.23. The van der Waals surface area contributed by atoms with E-state index in [9.17, 15) is 4.79 Å². The van der Waals surface area contributed by atoms with Crippen LogP contribution in [-0.2, 0) is 4.79 Å². The Hall–Kier alpha value is -2.03. The number of carbonyl (C=O) groups excluding carboxylic acids is 1. The van der Waals surface area contributed by atoms with Gasteiger partial charge in [0.25, 0.3) is 0 Å². The molecule has 1 fully saturated rings. The minimum Gasteiger partial charge on any atom is -0.467 e. The van der Waals surface area contributed by atoms with E-state index in [1.165, 1.54) is 0 Å². The average Bonchev–Trinajstić information content (AvgIpc) is 3.18. The van der Waals surface area contributed by atoms with Crippen molar-refractivity contribution in [3.05, 3.63) is 60.1 Å². The molecule has 1 amide bonds. The molecule has 1 saturated carbocycles. The summed E-state index contributed by atoms with van der Waals surface area (Å²) in [5.41, 5.74) is 1.05. The van der Waals surface area contributed by atoms with Crippen LogP contribution in [0, 0.1) is 5.92 Å². The second kappa shape index (κ2) is 5.95. The smallest absolute Gasteiger partial charge is 0.223 e. The molecular formula is C17H19NO2. The third-order valence-electron chi connectivity index (χ3n) is 3.97. The number of furan rings is 1. The van der Waals surface area contributed by atoms with Crippen LogP contribution in [0.15, 0.2) is 53.1 Å². The lowest BCUT2D eigenvalue weighted by molar-refractivity contribution is -0.125. The molecule has 0 radical (unpaired) electrons. The quantitative estimate of drug-likeness (QED) is 0.920. The summed E-state index contributed by atoms with van der Waals surface area (Å²) in [6.07, 6.45) is 5.98. The first-order valence-corrected chi connectivity index (χ1v) is 7.23. The molecule has 104 valence electrons. The SMILES string of the molecule is O=C(N[C@@H](c1ccccc1)c1ccco1)C1CCCC1. The number of hydrogen-bond donors (Lipinski definition) is 1. The lowest BCUT2D eigenvalue weighted by Gasteiger charge is -2.19. The molecule has 2 aromatic rings. The van der Waals surface area contributed by atoms with E-state index in [0.29, 0.717) is 0 Å². The van der Waals surface area contributed by atoms with Gasteiger partial charge in [0.05, 0.1) is 6.26 Å². The Kier molecular flexibility index (Phi) is 3.86. The summed E-state index contributed by atoms with van der Waals surface area (Å²) in [5.74, 6) is 1.09. The summed E-state index contributed by atoms with van der Waals surface area (Å²) >= 11 is 0. The standard InChI is InChI=1S/C17H19NO2/c19-17(14-9-4-5-10-14)18-16(15-11-6-12-20-15)13-7-2-1-3-8-13/h1-3,6-8,11-12,14,16H,4-5,9-10H2,(H,18,19)/t16-/m0/s1. The molecule has 0 unspecified atom stereocenters. The van der Waals surface area contributed by atoms with Crippen molar-refractivity contribution in [2.45, 2.75) is 31.7 Å². The number of nitrogens with one attached hydrogen (secondary N) is 1. The summed E-state index contributed by atoms with van der Waals surface area (Å²) in [4.78, 5) is 12.4. The summed E-state index contributed by atoms with van der Waals surface area (Å²) in [7, 11) is 0. The third kappa shape index (κ3) is 2.77. The van der Waals surface area contributed by atoms with Gasteiger partial charge in [0.15, 0.2) is 0 Å². The number of benzene rings is 1. The van der Waals surface area contributed by atoms with Gasteiger partial charge in [-0.25, -0.2) is 0 Å². The molecule has 3 rings (SSSR count). The minimum atomic E-state index is -0.195. The molecule has 1 aromatic heterocycles. The van der Waals surface area contributed by atoms with Crippen LogP contribution in [0.5, 0.6) is 0 Å². The van der Waals surface area contributed by atoms with Crippen LogP contribution < -0.4 is 5.32 Å². The number of amides is 1. The Morgan fingerprint density at radius 2 is 1.85 bits per heavy atom. The molecule has 1 aliphatic carbocycles. The molecule has 1 aliphatic rings. The average molecular weight is 269 g/mol. The third-order valence-corrected chi connectivity index (χ3v) is 3.97. The highest BCUT2D eigenvalue weighted by atomic mass is 16.3. The minimum absolute atomic E-state index is 0.146. The highest BCUT2D eigenvalue weighted by Gasteiger charge is 2.26. The van der Waals surface area contributed by atoms with Gasteiger partial charge < -0.3 is 9.73 Å².